The van der Waals surface area contributed by atoms with Gasteiger partial charge < -0.3 is 10.3 Å². The van der Waals surface area contributed by atoms with E-state index in [2.05, 4.69) is 29.1 Å². The Hall–Kier alpha value is -1.76. The highest BCUT2D eigenvalue weighted by Gasteiger charge is 2.34. The molecule has 0 spiro atoms. The van der Waals surface area contributed by atoms with Gasteiger partial charge in [0.2, 0.25) is 0 Å². The van der Waals surface area contributed by atoms with Crippen molar-refractivity contribution in [2.24, 2.45) is 5.41 Å². The first-order chi connectivity index (χ1) is 13.7. The Balaban J connectivity index is 0.00000171. The average molecular weight is 474 g/mol. The average Bonchev–Trinajstić information content (AvgIpc) is 3.14. The number of fused-ring (bicyclic) bond motifs is 1. The zero-order valence-electron chi connectivity index (χ0n) is 17.6. The highest BCUT2D eigenvalue weighted by atomic mass is 35.5. The maximum Gasteiger partial charge on any atom is 0.416 e. The van der Waals surface area contributed by atoms with E-state index in [0.717, 1.165) is 42.3 Å². The molecule has 4 rings (SSSR count). The second-order valence-electron chi connectivity index (χ2n) is 8.82. The summed E-state index contributed by atoms with van der Waals surface area (Å²) in [5.41, 5.74) is 2.96. The van der Waals surface area contributed by atoms with E-state index in [0.29, 0.717) is 16.5 Å². The van der Waals surface area contributed by atoms with Gasteiger partial charge in [-0.05, 0) is 66.0 Å². The topological polar surface area (TPSA) is 40.7 Å². The van der Waals surface area contributed by atoms with Gasteiger partial charge in [-0.1, -0.05) is 32.0 Å². The Bertz CT molecular complexity index is 1000. The molecule has 2 aromatic carbocycles. The Morgan fingerprint density at radius 2 is 1.68 bits per heavy atom. The molecule has 0 bridgehead atoms. The van der Waals surface area contributed by atoms with Crippen molar-refractivity contribution in [2.45, 2.75) is 58.3 Å². The van der Waals surface area contributed by atoms with Gasteiger partial charge in [-0.25, -0.2) is 4.98 Å². The second-order valence-corrected chi connectivity index (χ2v) is 8.82. The van der Waals surface area contributed by atoms with Crippen LogP contribution in [0.4, 0.5) is 13.2 Å². The first kappa shape index (κ1) is 25.5. The van der Waals surface area contributed by atoms with Crippen molar-refractivity contribution in [1.82, 2.24) is 15.3 Å². The van der Waals surface area contributed by atoms with E-state index in [9.17, 15) is 13.2 Å². The van der Waals surface area contributed by atoms with Gasteiger partial charge in [-0.2, -0.15) is 13.2 Å². The number of hydrogen-bond donors (Lipinski definition) is 2. The van der Waals surface area contributed by atoms with E-state index in [-0.39, 0.29) is 37.4 Å². The molecule has 3 nitrogen and oxygen atoms in total. The SMILES string of the molecule is CC1(C)CCC(NCc2ccc(-c3ccc4nc[nH]c4c3)cc2C(F)(F)F)CC1.Cl.Cl. The molecule has 1 heterocycles. The smallest absolute Gasteiger partial charge is 0.345 e. The van der Waals surface area contributed by atoms with Crippen LogP contribution in [0, 0.1) is 5.41 Å². The summed E-state index contributed by atoms with van der Waals surface area (Å²) in [6.45, 7) is 4.74. The predicted octanol–water partition coefficient (Wildman–Crippen LogP) is 7.15. The van der Waals surface area contributed by atoms with Gasteiger partial charge in [0, 0.05) is 12.6 Å². The lowest BCUT2D eigenvalue weighted by Gasteiger charge is -2.34. The summed E-state index contributed by atoms with van der Waals surface area (Å²) in [4.78, 5) is 7.16. The van der Waals surface area contributed by atoms with Gasteiger partial charge in [-0.15, -0.1) is 24.8 Å². The van der Waals surface area contributed by atoms with Crippen molar-refractivity contribution in [3.05, 3.63) is 53.9 Å². The van der Waals surface area contributed by atoms with Crippen molar-refractivity contribution in [1.29, 1.82) is 0 Å². The number of nitrogens with zero attached hydrogens (tertiary/aromatic N) is 1. The fourth-order valence-electron chi connectivity index (χ4n) is 4.15. The third-order valence-electron chi connectivity index (χ3n) is 6.09. The molecule has 0 atom stereocenters. The van der Waals surface area contributed by atoms with Crippen LogP contribution in [-0.4, -0.2) is 16.0 Å². The summed E-state index contributed by atoms with van der Waals surface area (Å²) < 4.78 is 41.3. The van der Waals surface area contributed by atoms with Crippen molar-refractivity contribution in [3.8, 4) is 11.1 Å². The molecule has 1 fully saturated rings. The molecule has 0 radical (unpaired) electrons. The molecule has 3 aromatic rings. The van der Waals surface area contributed by atoms with Crippen LogP contribution in [0.5, 0.6) is 0 Å². The Labute approximate surface area is 193 Å². The van der Waals surface area contributed by atoms with Crippen LogP contribution in [0.2, 0.25) is 0 Å². The summed E-state index contributed by atoms with van der Waals surface area (Å²) in [7, 11) is 0. The summed E-state index contributed by atoms with van der Waals surface area (Å²) in [6, 6.07) is 10.4. The number of aromatic amines is 1. The van der Waals surface area contributed by atoms with Crippen LogP contribution >= 0.6 is 24.8 Å². The standard InChI is InChI=1S/C23H26F3N3.2ClH/c1-22(2)9-7-18(8-10-22)27-13-17-4-3-15(11-19(17)23(24,25)26)16-5-6-20-21(12-16)29-14-28-20;;/h3-6,11-12,14,18,27H,7-10,13H2,1-2H3,(H,28,29);2*1H. The highest BCUT2D eigenvalue weighted by Crippen LogP contribution is 2.37. The van der Waals surface area contributed by atoms with Crippen LogP contribution < -0.4 is 5.32 Å². The van der Waals surface area contributed by atoms with Crippen molar-refractivity contribution in [2.75, 3.05) is 0 Å². The normalized spacial score (nSPS) is 16.5. The molecule has 1 saturated carbocycles. The minimum absolute atomic E-state index is 0. The van der Waals surface area contributed by atoms with Crippen LogP contribution in [0.1, 0.15) is 50.7 Å². The number of alkyl halides is 3. The van der Waals surface area contributed by atoms with E-state index >= 15 is 0 Å². The molecular formula is C23H28Cl2F3N3. The van der Waals surface area contributed by atoms with Crippen molar-refractivity contribution in [3.63, 3.8) is 0 Å². The fourth-order valence-corrected chi connectivity index (χ4v) is 4.15. The molecule has 1 aliphatic rings. The summed E-state index contributed by atoms with van der Waals surface area (Å²) in [6.07, 6.45) is 1.42. The number of hydrogen-bond acceptors (Lipinski definition) is 2. The summed E-state index contributed by atoms with van der Waals surface area (Å²) in [5.74, 6) is 0. The molecule has 1 aliphatic carbocycles. The molecule has 0 amide bonds. The van der Waals surface area contributed by atoms with Gasteiger partial charge in [0.1, 0.15) is 0 Å². The Kier molecular flexibility index (Phi) is 8.06. The van der Waals surface area contributed by atoms with Crippen LogP contribution in [-0.2, 0) is 12.7 Å². The van der Waals surface area contributed by atoms with E-state index < -0.39 is 11.7 Å². The van der Waals surface area contributed by atoms with Gasteiger partial charge in [0.05, 0.1) is 22.9 Å². The molecular weight excluding hydrogens is 446 g/mol. The van der Waals surface area contributed by atoms with Gasteiger partial charge in [0.25, 0.3) is 0 Å². The predicted molar refractivity (Wildman–Crippen MR) is 124 cm³/mol. The maximum atomic E-state index is 13.8. The van der Waals surface area contributed by atoms with Crippen LogP contribution in [0.3, 0.4) is 0 Å². The molecule has 0 unspecified atom stereocenters. The monoisotopic (exact) mass is 473 g/mol. The number of halogens is 5. The maximum absolute atomic E-state index is 13.8. The number of imidazole rings is 1. The molecule has 2 N–H and O–H groups in total. The number of H-pyrrole nitrogens is 1. The van der Waals surface area contributed by atoms with Crippen LogP contribution in [0.15, 0.2) is 42.7 Å². The first-order valence-corrected chi connectivity index (χ1v) is 10.1. The molecule has 0 saturated heterocycles. The number of rotatable bonds is 4. The minimum atomic E-state index is -4.39. The molecule has 1 aromatic heterocycles. The number of nitrogens with one attached hydrogen (secondary N) is 2. The van der Waals surface area contributed by atoms with E-state index in [1.54, 1.807) is 24.5 Å². The first-order valence-electron chi connectivity index (χ1n) is 10.1. The van der Waals surface area contributed by atoms with Gasteiger partial charge >= 0.3 is 6.18 Å². The molecule has 170 valence electrons. The Morgan fingerprint density at radius 1 is 1.03 bits per heavy atom. The number of aromatic nitrogens is 2. The minimum Gasteiger partial charge on any atom is -0.345 e. The fraction of sp³-hybridized carbons (Fsp3) is 0.435. The van der Waals surface area contributed by atoms with Crippen LogP contribution in [0.25, 0.3) is 22.2 Å². The lowest BCUT2D eigenvalue weighted by Crippen LogP contribution is -2.35. The molecule has 31 heavy (non-hydrogen) atoms. The van der Waals surface area contributed by atoms with E-state index in [1.807, 2.05) is 12.1 Å². The number of benzene rings is 2. The lowest BCUT2D eigenvalue weighted by molar-refractivity contribution is -0.138. The molecule has 0 aliphatic heterocycles. The largest absolute Gasteiger partial charge is 0.416 e. The van der Waals surface area contributed by atoms with Crippen molar-refractivity contribution < 1.29 is 13.2 Å². The van der Waals surface area contributed by atoms with E-state index in [1.165, 1.54) is 6.07 Å². The lowest BCUT2D eigenvalue weighted by atomic mass is 9.75. The molecule has 8 heteroatoms. The quantitative estimate of drug-likeness (QED) is 0.422. The zero-order chi connectivity index (χ0) is 20.6. The van der Waals surface area contributed by atoms with Crippen molar-refractivity contribution >= 4 is 35.8 Å². The third-order valence-corrected chi connectivity index (χ3v) is 6.09. The summed E-state index contributed by atoms with van der Waals surface area (Å²) in [5, 5.41) is 3.35. The summed E-state index contributed by atoms with van der Waals surface area (Å²) >= 11 is 0. The van der Waals surface area contributed by atoms with E-state index in [4.69, 9.17) is 0 Å². The Morgan fingerprint density at radius 3 is 2.35 bits per heavy atom. The van der Waals surface area contributed by atoms with Gasteiger partial charge in [-0.3, -0.25) is 0 Å². The third kappa shape index (κ3) is 5.93. The second kappa shape index (κ2) is 9.80. The highest BCUT2D eigenvalue weighted by molar-refractivity contribution is 5.85. The van der Waals surface area contributed by atoms with Gasteiger partial charge in [0.15, 0.2) is 0 Å². The zero-order valence-corrected chi connectivity index (χ0v) is 19.2.